The molecule has 0 amide bonds. The Kier molecular flexibility index (Phi) is 1.00. The van der Waals surface area contributed by atoms with Crippen LogP contribution in [0.1, 0.15) is 38.5 Å². The number of hydrogen-bond acceptors (Lipinski definition) is 0. The van der Waals surface area contributed by atoms with Gasteiger partial charge in [-0.05, 0) is 42.9 Å². The molecule has 3 fully saturated rings. The zero-order chi connectivity index (χ0) is 6.55. The Hall–Kier alpha value is 0. The summed E-state index contributed by atoms with van der Waals surface area (Å²) in [4.78, 5) is 0. The van der Waals surface area contributed by atoms with Crippen molar-refractivity contribution in [1.82, 2.24) is 0 Å². The summed E-state index contributed by atoms with van der Waals surface area (Å²) in [5.74, 6) is 4.78. The van der Waals surface area contributed by atoms with Crippen molar-refractivity contribution in [2.45, 2.75) is 38.5 Å². The van der Waals surface area contributed by atoms with Gasteiger partial charge in [0.15, 0.2) is 0 Å². The molecular weight excluding hydrogens is 120 g/mol. The average molecular weight is 136 g/mol. The summed E-state index contributed by atoms with van der Waals surface area (Å²) in [6.45, 7) is 0. The van der Waals surface area contributed by atoms with E-state index in [1.165, 1.54) is 23.7 Å². The highest BCUT2D eigenvalue weighted by molar-refractivity contribution is 4.98. The molecular formula is C10H16. The monoisotopic (exact) mass is 136 g/mol. The van der Waals surface area contributed by atoms with Gasteiger partial charge < -0.3 is 0 Å². The fraction of sp³-hybridized carbons (Fsp3) is 1.00. The number of hydrogen-bond donors (Lipinski definition) is 0. The first-order valence-electron chi connectivity index (χ1n) is 4.93. The van der Waals surface area contributed by atoms with E-state index in [2.05, 4.69) is 0 Å². The Balaban J connectivity index is 1.87. The second-order valence-electron chi connectivity index (χ2n) is 4.69. The van der Waals surface area contributed by atoms with Crippen molar-refractivity contribution in [2.75, 3.05) is 0 Å². The lowest BCUT2D eigenvalue weighted by Gasteiger charge is -2.40. The van der Waals surface area contributed by atoms with Gasteiger partial charge in [0, 0.05) is 0 Å². The highest BCUT2D eigenvalue weighted by Gasteiger charge is 2.48. The third-order valence-electron chi connectivity index (χ3n) is 4.25. The van der Waals surface area contributed by atoms with E-state index in [1.807, 2.05) is 0 Å². The van der Waals surface area contributed by atoms with Crippen LogP contribution in [0.5, 0.6) is 0 Å². The van der Waals surface area contributed by atoms with E-state index in [4.69, 9.17) is 0 Å². The van der Waals surface area contributed by atoms with Gasteiger partial charge in [-0.2, -0.15) is 0 Å². The maximum absolute atomic E-state index is 1.62. The van der Waals surface area contributed by atoms with Crippen LogP contribution in [0.3, 0.4) is 0 Å². The molecule has 0 N–H and O–H groups in total. The Morgan fingerprint density at radius 3 is 2.80 bits per heavy atom. The molecule has 0 nitrogen and oxygen atoms in total. The largest absolute Gasteiger partial charge is 0.0528 e. The molecule has 0 saturated heterocycles. The molecule has 0 radical (unpaired) electrons. The number of rotatable bonds is 0. The summed E-state index contributed by atoms with van der Waals surface area (Å²) in [7, 11) is 0. The Morgan fingerprint density at radius 1 is 0.800 bits per heavy atom. The van der Waals surface area contributed by atoms with Crippen LogP contribution in [0.15, 0.2) is 0 Å². The van der Waals surface area contributed by atoms with Gasteiger partial charge in [-0.1, -0.05) is 19.3 Å². The van der Waals surface area contributed by atoms with Crippen LogP contribution in [0.2, 0.25) is 0 Å². The smallest absolute Gasteiger partial charge is 0.0354 e. The van der Waals surface area contributed by atoms with Gasteiger partial charge in [0.2, 0.25) is 0 Å². The predicted molar refractivity (Wildman–Crippen MR) is 41.7 cm³/mol. The summed E-state index contributed by atoms with van der Waals surface area (Å²) in [6.07, 6.45) is 9.55. The van der Waals surface area contributed by atoms with Crippen molar-refractivity contribution in [1.29, 1.82) is 0 Å². The molecule has 3 aliphatic carbocycles. The lowest BCUT2D eigenvalue weighted by molar-refractivity contribution is 0.0927. The molecule has 3 unspecified atom stereocenters. The van der Waals surface area contributed by atoms with Crippen molar-refractivity contribution in [3.05, 3.63) is 0 Å². The molecule has 56 valence electrons. The van der Waals surface area contributed by atoms with E-state index in [9.17, 15) is 0 Å². The Morgan fingerprint density at radius 2 is 1.80 bits per heavy atom. The Bertz CT molecular complexity index is 146. The van der Waals surface area contributed by atoms with Crippen LogP contribution < -0.4 is 0 Å². The lowest BCUT2D eigenvalue weighted by atomic mass is 9.65. The molecule has 3 aliphatic rings. The SMILES string of the molecule is C1CC2CC3C[C@H](C1)CC23. The molecule has 2 bridgehead atoms. The van der Waals surface area contributed by atoms with Gasteiger partial charge in [0.25, 0.3) is 0 Å². The maximum Gasteiger partial charge on any atom is -0.0354 e. The minimum Gasteiger partial charge on any atom is -0.0528 e. The van der Waals surface area contributed by atoms with E-state index >= 15 is 0 Å². The van der Waals surface area contributed by atoms with E-state index in [0.29, 0.717) is 0 Å². The zero-order valence-corrected chi connectivity index (χ0v) is 6.55. The highest BCUT2D eigenvalue weighted by Crippen LogP contribution is 2.58. The summed E-state index contributed by atoms with van der Waals surface area (Å²) >= 11 is 0. The highest BCUT2D eigenvalue weighted by atomic mass is 14.5. The van der Waals surface area contributed by atoms with E-state index in [1.54, 1.807) is 38.5 Å². The third kappa shape index (κ3) is 0.580. The second-order valence-corrected chi connectivity index (χ2v) is 4.69. The zero-order valence-electron chi connectivity index (χ0n) is 6.55. The quantitative estimate of drug-likeness (QED) is 0.480. The molecule has 4 atom stereocenters. The van der Waals surface area contributed by atoms with Crippen LogP contribution in [0.25, 0.3) is 0 Å². The summed E-state index contributed by atoms with van der Waals surface area (Å²) in [6, 6.07) is 0. The fourth-order valence-corrected chi connectivity index (χ4v) is 3.73. The molecule has 0 aromatic heterocycles. The van der Waals surface area contributed by atoms with Crippen LogP contribution in [0, 0.1) is 23.7 Å². The summed E-state index contributed by atoms with van der Waals surface area (Å²) in [5, 5.41) is 0. The van der Waals surface area contributed by atoms with Crippen molar-refractivity contribution < 1.29 is 0 Å². The third-order valence-corrected chi connectivity index (χ3v) is 4.25. The van der Waals surface area contributed by atoms with Crippen molar-refractivity contribution in [3.8, 4) is 0 Å². The molecule has 0 aliphatic heterocycles. The maximum atomic E-state index is 1.62. The molecule has 3 saturated carbocycles. The number of fused-ring (bicyclic) bond motifs is 1. The van der Waals surface area contributed by atoms with Crippen LogP contribution in [-0.4, -0.2) is 0 Å². The molecule has 0 heteroatoms. The van der Waals surface area contributed by atoms with E-state index < -0.39 is 0 Å². The molecule has 0 aromatic rings. The van der Waals surface area contributed by atoms with Crippen molar-refractivity contribution in [2.24, 2.45) is 23.7 Å². The van der Waals surface area contributed by atoms with Crippen LogP contribution in [-0.2, 0) is 0 Å². The minimum atomic E-state index is 1.17. The average Bonchev–Trinajstić information content (AvgIpc) is 2.02. The minimum absolute atomic E-state index is 1.17. The first kappa shape index (κ1) is 5.62. The van der Waals surface area contributed by atoms with E-state index in [0.717, 1.165) is 0 Å². The second kappa shape index (κ2) is 1.78. The Labute approximate surface area is 63.0 Å². The molecule has 10 heavy (non-hydrogen) atoms. The molecule has 0 aromatic carbocycles. The van der Waals surface area contributed by atoms with Gasteiger partial charge in [0.05, 0.1) is 0 Å². The molecule has 0 spiro atoms. The van der Waals surface area contributed by atoms with Gasteiger partial charge >= 0.3 is 0 Å². The standard InChI is InChI=1S/C10H16/c1-2-7-4-9-6-8(3-1)10(9)5-7/h7-10H,1-6H2/t7-,8?,9?,10?/m0/s1. The van der Waals surface area contributed by atoms with Crippen LogP contribution >= 0.6 is 0 Å². The van der Waals surface area contributed by atoms with Gasteiger partial charge in [-0.3, -0.25) is 0 Å². The fourth-order valence-electron chi connectivity index (χ4n) is 3.73. The molecule has 0 heterocycles. The van der Waals surface area contributed by atoms with Crippen molar-refractivity contribution in [3.63, 3.8) is 0 Å². The van der Waals surface area contributed by atoms with Gasteiger partial charge in [0.1, 0.15) is 0 Å². The van der Waals surface area contributed by atoms with Gasteiger partial charge in [-0.15, -0.1) is 0 Å². The van der Waals surface area contributed by atoms with Gasteiger partial charge in [-0.25, -0.2) is 0 Å². The summed E-state index contributed by atoms with van der Waals surface area (Å²) < 4.78 is 0. The topological polar surface area (TPSA) is 0 Å². The lowest BCUT2D eigenvalue weighted by Crippen LogP contribution is -2.32. The first-order valence-corrected chi connectivity index (χ1v) is 4.93. The predicted octanol–water partition coefficient (Wildman–Crippen LogP) is 2.83. The van der Waals surface area contributed by atoms with Crippen LogP contribution in [0.4, 0.5) is 0 Å². The summed E-state index contributed by atoms with van der Waals surface area (Å²) in [5.41, 5.74) is 0. The van der Waals surface area contributed by atoms with E-state index in [-0.39, 0.29) is 0 Å². The normalized spacial score (nSPS) is 57.6. The molecule has 3 rings (SSSR count). The first-order chi connectivity index (χ1) is 4.93. The van der Waals surface area contributed by atoms with Crippen molar-refractivity contribution >= 4 is 0 Å².